The molecule has 3 aromatic carbocycles. The van der Waals surface area contributed by atoms with Crippen LogP contribution in [0.3, 0.4) is 0 Å². The summed E-state index contributed by atoms with van der Waals surface area (Å²) in [6.07, 6.45) is 1.51. The minimum Gasteiger partial charge on any atom is -0.488 e. The molecule has 0 fully saturated rings. The Labute approximate surface area is 252 Å². The summed E-state index contributed by atoms with van der Waals surface area (Å²) >= 11 is 8.78. The molecule has 0 bridgehead atoms. The molecule has 4 rings (SSSR count). The first-order chi connectivity index (χ1) is 19.9. The maximum absolute atomic E-state index is 12.7. The molecular weight excluding hydrogens is 608 g/mol. The van der Waals surface area contributed by atoms with E-state index in [-0.39, 0.29) is 13.2 Å². The van der Waals surface area contributed by atoms with Crippen LogP contribution in [0.4, 0.5) is 0 Å². The number of hydrogen-bond donors (Lipinski definition) is 3. The van der Waals surface area contributed by atoms with E-state index in [0.717, 1.165) is 10.0 Å². The fourth-order valence-corrected chi connectivity index (χ4v) is 4.74. The van der Waals surface area contributed by atoms with Crippen molar-refractivity contribution in [2.24, 2.45) is 5.10 Å². The van der Waals surface area contributed by atoms with Gasteiger partial charge >= 0.3 is 5.97 Å². The fraction of sp³-hybridized carbons (Fsp3) is 0.200. The number of thiocarbonyl (C=S) groups is 1. The summed E-state index contributed by atoms with van der Waals surface area (Å²) < 4.78 is 17.9. The van der Waals surface area contributed by atoms with Crippen molar-refractivity contribution >= 4 is 51.4 Å². The average Bonchev–Trinajstić information content (AvgIpc) is 2.96. The lowest BCUT2D eigenvalue weighted by Gasteiger charge is -2.30. The maximum Gasteiger partial charge on any atom is 0.338 e. The zero-order valence-electron chi connectivity index (χ0n) is 22.5. The van der Waals surface area contributed by atoms with E-state index in [1.165, 1.54) is 6.21 Å². The van der Waals surface area contributed by atoms with Crippen LogP contribution in [0, 0.1) is 0 Å². The minimum atomic E-state index is -0.620. The van der Waals surface area contributed by atoms with E-state index < -0.39 is 17.9 Å². The molecule has 0 aromatic heterocycles. The minimum absolute atomic E-state index is 0.228. The normalized spacial score (nSPS) is 14.7. The van der Waals surface area contributed by atoms with E-state index in [1.807, 2.05) is 54.6 Å². The van der Waals surface area contributed by atoms with E-state index in [9.17, 15) is 9.59 Å². The molecule has 9 nitrogen and oxygen atoms in total. The predicted molar refractivity (Wildman–Crippen MR) is 164 cm³/mol. The van der Waals surface area contributed by atoms with Crippen molar-refractivity contribution in [2.45, 2.75) is 26.5 Å². The Morgan fingerprint density at radius 1 is 1.05 bits per heavy atom. The van der Waals surface area contributed by atoms with Crippen molar-refractivity contribution in [2.75, 3.05) is 13.2 Å². The van der Waals surface area contributed by atoms with Crippen molar-refractivity contribution in [3.05, 3.63) is 105 Å². The lowest BCUT2D eigenvalue weighted by molar-refractivity contribution is -0.139. The summed E-state index contributed by atoms with van der Waals surface area (Å²) in [5.74, 6) is 0.0865. The number of ether oxygens (including phenoxy) is 3. The van der Waals surface area contributed by atoms with Crippen LogP contribution in [0.1, 0.15) is 36.6 Å². The van der Waals surface area contributed by atoms with Crippen molar-refractivity contribution in [1.29, 1.82) is 0 Å². The Bertz CT molecular complexity index is 1480. The third kappa shape index (κ3) is 8.15. The predicted octanol–water partition coefficient (Wildman–Crippen LogP) is 4.91. The Kier molecular flexibility index (Phi) is 10.5. The number of esters is 1. The van der Waals surface area contributed by atoms with E-state index in [0.29, 0.717) is 45.6 Å². The van der Waals surface area contributed by atoms with Crippen LogP contribution in [0.25, 0.3) is 0 Å². The van der Waals surface area contributed by atoms with Gasteiger partial charge in [-0.25, -0.2) is 10.2 Å². The van der Waals surface area contributed by atoms with Gasteiger partial charge in [-0.15, -0.1) is 0 Å². The third-order valence-electron chi connectivity index (χ3n) is 5.96. The first-order valence-corrected chi connectivity index (χ1v) is 14.0. The summed E-state index contributed by atoms with van der Waals surface area (Å²) in [4.78, 5) is 25.3. The topological polar surface area (TPSA) is 110 Å². The number of nitrogens with one attached hydrogen (secondary N) is 3. The molecule has 0 unspecified atom stereocenters. The second kappa shape index (κ2) is 14.4. The molecule has 0 spiro atoms. The first-order valence-electron chi connectivity index (χ1n) is 12.8. The first kappa shape index (κ1) is 29.8. The number of hydrazone groups is 1. The standard InChI is InChI=1S/C30H29BrN4O5S/c1-3-38-29(37)27-19(2)33-30(41)34-28(27)23-11-7-8-12-25(23)40-18-26(36)35-32-16-21-15-22(31)13-14-24(21)39-17-20-9-5-4-6-10-20/h4-16,28H,3,17-18H2,1-2H3,(H,35,36)(H2,33,34,41)/t28-/m1/s1. The third-order valence-corrected chi connectivity index (χ3v) is 6.67. The highest BCUT2D eigenvalue weighted by molar-refractivity contribution is 9.10. The van der Waals surface area contributed by atoms with Gasteiger partial charge < -0.3 is 24.8 Å². The lowest BCUT2D eigenvalue weighted by atomic mass is 9.95. The number of nitrogens with zero attached hydrogens (tertiary/aromatic N) is 1. The van der Waals surface area contributed by atoms with Crippen molar-refractivity contribution in [1.82, 2.24) is 16.1 Å². The van der Waals surface area contributed by atoms with Gasteiger partial charge in [0.05, 0.1) is 24.4 Å². The molecule has 1 heterocycles. The molecule has 11 heteroatoms. The summed E-state index contributed by atoms with van der Waals surface area (Å²) in [7, 11) is 0. The fourth-order valence-electron chi connectivity index (χ4n) is 4.09. The number of para-hydroxylation sites is 1. The van der Waals surface area contributed by atoms with Crippen LogP contribution >= 0.6 is 28.1 Å². The summed E-state index contributed by atoms with van der Waals surface area (Å²) in [6, 6.07) is 21.8. The number of benzene rings is 3. The number of hydrogen-bond acceptors (Lipinski definition) is 7. The molecule has 0 radical (unpaired) electrons. The zero-order valence-corrected chi connectivity index (χ0v) is 24.9. The smallest absolute Gasteiger partial charge is 0.338 e. The number of allylic oxidation sites excluding steroid dienone is 1. The molecule has 41 heavy (non-hydrogen) atoms. The second-order valence-corrected chi connectivity index (χ2v) is 10.2. The number of carbonyl (C=O) groups excluding carboxylic acids is 2. The molecule has 1 aliphatic heterocycles. The van der Waals surface area contributed by atoms with Crippen molar-refractivity contribution < 1.29 is 23.8 Å². The number of amides is 1. The number of halogens is 1. The van der Waals surface area contributed by atoms with Crippen LogP contribution in [0.15, 0.2) is 93.6 Å². The molecule has 3 aromatic rings. The van der Waals surface area contributed by atoms with E-state index in [4.69, 9.17) is 26.4 Å². The van der Waals surface area contributed by atoms with Crippen LogP contribution in [0.5, 0.6) is 11.5 Å². The van der Waals surface area contributed by atoms with Gasteiger partial charge in [0.2, 0.25) is 0 Å². The van der Waals surface area contributed by atoms with Crippen molar-refractivity contribution in [3.63, 3.8) is 0 Å². The number of carbonyl (C=O) groups is 2. The SMILES string of the molecule is CCOC(=O)C1=C(C)NC(=S)N[C@@H]1c1ccccc1OCC(=O)NN=Cc1cc(Br)ccc1OCc1ccccc1. The molecule has 0 aliphatic carbocycles. The Morgan fingerprint density at radius 3 is 2.59 bits per heavy atom. The van der Waals surface area contributed by atoms with Crippen molar-refractivity contribution in [3.8, 4) is 11.5 Å². The van der Waals surface area contributed by atoms with Crippen LogP contribution in [-0.2, 0) is 20.9 Å². The van der Waals surface area contributed by atoms with E-state index in [2.05, 4.69) is 37.1 Å². The van der Waals surface area contributed by atoms with Gasteiger partial charge in [-0.2, -0.15) is 5.10 Å². The summed E-state index contributed by atoms with van der Waals surface area (Å²) in [6.45, 7) is 3.81. The van der Waals surface area contributed by atoms with Crippen LogP contribution in [-0.4, -0.2) is 36.4 Å². The highest BCUT2D eigenvalue weighted by Gasteiger charge is 2.32. The zero-order chi connectivity index (χ0) is 29.2. The van der Waals surface area contributed by atoms with E-state index >= 15 is 0 Å². The monoisotopic (exact) mass is 636 g/mol. The van der Waals surface area contributed by atoms with Gasteiger partial charge in [0.15, 0.2) is 11.7 Å². The van der Waals surface area contributed by atoms with Gasteiger partial charge in [-0.3, -0.25) is 4.79 Å². The maximum atomic E-state index is 12.7. The van der Waals surface area contributed by atoms with Gasteiger partial charge in [-0.05, 0) is 55.9 Å². The Hall–Kier alpha value is -4.22. The van der Waals surface area contributed by atoms with Gasteiger partial charge in [0, 0.05) is 21.3 Å². The average molecular weight is 638 g/mol. The Balaban J connectivity index is 1.41. The second-order valence-electron chi connectivity index (χ2n) is 8.87. The van der Waals surface area contributed by atoms with Crippen LogP contribution in [0.2, 0.25) is 0 Å². The molecule has 1 amide bonds. The molecule has 212 valence electrons. The summed E-state index contributed by atoms with van der Waals surface area (Å²) in [5.41, 5.74) is 5.79. The van der Waals surface area contributed by atoms with Gasteiger partial charge in [-0.1, -0.05) is 64.5 Å². The molecule has 1 atom stereocenters. The highest BCUT2D eigenvalue weighted by Crippen LogP contribution is 2.33. The van der Waals surface area contributed by atoms with Gasteiger partial charge in [0.25, 0.3) is 5.91 Å². The quantitative estimate of drug-likeness (QED) is 0.118. The number of rotatable bonds is 11. The van der Waals surface area contributed by atoms with E-state index in [1.54, 1.807) is 32.0 Å². The van der Waals surface area contributed by atoms with Gasteiger partial charge in [0.1, 0.15) is 18.1 Å². The van der Waals surface area contributed by atoms with Crippen LogP contribution < -0.4 is 25.5 Å². The lowest BCUT2D eigenvalue weighted by Crippen LogP contribution is -2.45. The molecular formula is C30H29BrN4O5S. The summed E-state index contributed by atoms with van der Waals surface area (Å²) in [5, 5.41) is 10.5. The largest absolute Gasteiger partial charge is 0.488 e. The Morgan fingerprint density at radius 2 is 1.80 bits per heavy atom. The molecule has 0 saturated heterocycles. The molecule has 3 N–H and O–H groups in total. The molecule has 0 saturated carbocycles. The highest BCUT2D eigenvalue weighted by atomic mass is 79.9. The molecule has 1 aliphatic rings.